The third-order valence-corrected chi connectivity index (χ3v) is 9.56. The Morgan fingerprint density at radius 1 is 1.04 bits per heavy atom. The third kappa shape index (κ3) is 5.28. The summed E-state index contributed by atoms with van der Waals surface area (Å²) in [5.41, 5.74) is 0.683. The summed E-state index contributed by atoms with van der Waals surface area (Å²) in [7, 11) is 0. The van der Waals surface area contributed by atoms with Crippen LogP contribution >= 0.6 is 0 Å². The normalized spacial score (nSPS) is 30.8. The first kappa shape index (κ1) is 30.8. The van der Waals surface area contributed by atoms with Crippen molar-refractivity contribution < 1.29 is 33.8 Å². The van der Waals surface area contributed by atoms with Crippen LogP contribution in [0.25, 0.3) is 11.0 Å². The number of nitrogens with zero attached hydrogens (tertiary/aromatic N) is 5. The summed E-state index contributed by atoms with van der Waals surface area (Å²) in [4.78, 5) is 58.9. The van der Waals surface area contributed by atoms with Crippen LogP contribution in [-0.2, 0) is 35.3 Å². The van der Waals surface area contributed by atoms with Gasteiger partial charge in [0.25, 0.3) is 5.91 Å². The molecule has 3 amide bonds. The van der Waals surface area contributed by atoms with E-state index in [4.69, 9.17) is 9.47 Å². The highest BCUT2D eigenvalue weighted by molar-refractivity contribution is 6.00. The van der Waals surface area contributed by atoms with Crippen LogP contribution in [0.3, 0.4) is 0 Å². The molecule has 2 saturated heterocycles. The summed E-state index contributed by atoms with van der Waals surface area (Å²) in [6.45, 7) is 1.32. The highest BCUT2D eigenvalue weighted by Gasteiger charge is 2.73. The molecule has 3 aromatic rings. The number of hydrogen-bond donors (Lipinski definition) is 2. The average molecular weight is 641 g/mol. The number of carbonyl (C=O) groups is 4. The monoisotopic (exact) mass is 640 g/mol. The van der Waals surface area contributed by atoms with Crippen LogP contribution in [0.1, 0.15) is 31.4 Å². The van der Waals surface area contributed by atoms with Gasteiger partial charge in [-0.15, -0.1) is 5.10 Å². The molecular formula is C34H36N6O7. The van der Waals surface area contributed by atoms with Crippen LogP contribution in [0.15, 0.2) is 78.9 Å². The molecule has 5 heterocycles. The van der Waals surface area contributed by atoms with E-state index in [1.165, 1.54) is 4.90 Å². The Balaban J connectivity index is 1.29. The molecule has 7 rings (SSSR count). The second kappa shape index (κ2) is 12.4. The van der Waals surface area contributed by atoms with E-state index in [1.54, 1.807) is 40.8 Å². The predicted octanol–water partition coefficient (Wildman–Crippen LogP) is 1.50. The molecule has 13 heteroatoms. The summed E-state index contributed by atoms with van der Waals surface area (Å²) in [6, 6.07) is 14.0. The number of aromatic nitrogens is 3. The highest BCUT2D eigenvalue weighted by Crippen LogP contribution is 2.56. The fourth-order valence-electron chi connectivity index (χ4n) is 7.27. The lowest BCUT2D eigenvalue weighted by atomic mass is 9.74. The minimum atomic E-state index is -1.43. The van der Waals surface area contributed by atoms with E-state index in [2.05, 4.69) is 15.6 Å². The summed E-state index contributed by atoms with van der Waals surface area (Å²) in [6.07, 6.45) is 6.79. The highest BCUT2D eigenvalue weighted by atomic mass is 16.5. The molecule has 7 atom stereocenters. The van der Waals surface area contributed by atoms with Gasteiger partial charge in [0, 0.05) is 13.0 Å². The van der Waals surface area contributed by atoms with Gasteiger partial charge in [0.1, 0.15) is 30.4 Å². The van der Waals surface area contributed by atoms with Crippen molar-refractivity contribution in [2.75, 3.05) is 19.8 Å². The van der Waals surface area contributed by atoms with Crippen LogP contribution in [0.5, 0.6) is 0 Å². The molecular weight excluding hydrogens is 604 g/mol. The summed E-state index contributed by atoms with van der Waals surface area (Å²) < 4.78 is 13.7. The van der Waals surface area contributed by atoms with Gasteiger partial charge in [-0.25, -0.2) is 4.68 Å². The quantitative estimate of drug-likeness (QED) is 0.312. The van der Waals surface area contributed by atoms with Gasteiger partial charge in [0.05, 0.1) is 42.1 Å². The molecule has 0 unspecified atom stereocenters. The molecule has 1 spiro atoms. The molecule has 0 aliphatic carbocycles. The molecule has 5 bridgehead atoms. The van der Waals surface area contributed by atoms with Gasteiger partial charge in [0.15, 0.2) is 0 Å². The Hall–Kier alpha value is -4.88. The number of aliphatic hydroxyl groups excluding tert-OH is 1. The summed E-state index contributed by atoms with van der Waals surface area (Å²) >= 11 is 0. The Bertz CT molecular complexity index is 1760. The van der Waals surface area contributed by atoms with Crippen molar-refractivity contribution in [1.82, 2.24) is 30.1 Å². The van der Waals surface area contributed by atoms with Gasteiger partial charge in [-0.3, -0.25) is 19.2 Å². The van der Waals surface area contributed by atoms with E-state index in [1.807, 2.05) is 54.6 Å². The number of likely N-dealkylation sites (tertiary alicyclic amines) is 1. The maximum Gasteiger partial charge on any atom is 0.306 e. The molecule has 2 fully saturated rings. The first-order chi connectivity index (χ1) is 22.8. The molecule has 47 heavy (non-hydrogen) atoms. The number of fused-ring (bicyclic) bond motifs is 3. The zero-order valence-electron chi connectivity index (χ0n) is 25.8. The van der Waals surface area contributed by atoms with Gasteiger partial charge in [-0.05, 0) is 31.0 Å². The molecule has 0 radical (unpaired) electrons. The first-order valence-electron chi connectivity index (χ1n) is 15.9. The van der Waals surface area contributed by atoms with E-state index in [-0.39, 0.29) is 26.2 Å². The maximum absolute atomic E-state index is 14.8. The predicted molar refractivity (Wildman–Crippen MR) is 167 cm³/mol. The van der Waals surface area contributed by atoms with E-state index >= 15 is 0 Å². The largest absolute Gasteiger partial charge is 0.463 e. The first-order valence-corrected chi connectivity index (χ1v) is 15.9. The standard InChI is InChI=1S/C34H36N6O7/c1-21(18-41)40-30-33(45)38(20-39-25-13-8-7-12-23(25)36-37-39)17-9-3-6-14-27(42)46-19-24(22-10-4-2-5-11-22)35-31(43)28-26-15-16-34(30,47-26)29(28)32(40)44/h2-5,7-13,15-16,21,24,26,28-30,41H,6,14,17-20H2,1H3,(H,35,43)/b9-3-/t21-,24+,26+,28-,29-,30+,34-/m1/s1. The minimum Gasteiger partial charge on any atom is -0.463 e. The summed E-state index contributed by atoms with van der Waals surface area (Å²) in [5.74, 6) is -3.72. The molecule has 4 aliphatic rings. The number of carbonyl (C=O) groups excluding carboxylic acids is 4. The van der Waals surface area contributed by atoms with Crippen molar-refractivity contribution in [2.24, 2.45) is 11.8 Å². The SMILES string of the molecule is C[C@H](CO)N1C(=O)[C@H]2[C@@H]3C(=O)N[C@H](c4ccccc4)COC(=O)CC/C=C\CN(Cn4nnc5ccccc54)C(=O)[C@H]1[C@@]21C=C[C@@H]3O1. The number of nitrogens with one attached hydrogen (secondary N) is 1. The number of amides is 3. The lowest BCUT2D eigenvalue weighted by molar-refractivity contribution is -0.151. The number of rotatable bonds is 5. The fraction of sp³-hybridized carbons (Fsp3) is 0.412. The van der Waals surface area contributed by atoms with Gasteiger partial charge in [-0.2, -0.15) is 0 Å². The zero-order chi connectivity index (χ0) is 32.7. The van der Waals surface area contributed by atoms with Crippen molar-refractivity contribution in [1.29, 1.82) is 0 Å². The van der Waals surface area contributed by atoms with Crippen molar-refractivity contribution >= 4 is 34.7 Å². The number of para-hydroxylation sites is 1. The number of ether oxygens (including phenoxy) is 2. The third-order valence-electron chi connectivity index (χ3n) is 9.56. The zero-order valence-corrected chi connectivity index (χ0v) is 25.8. The van der Waals surface area contributed by atoms with E-state index in [9.17, 15) is 24.3 Å². The number of aliphatic hydroxyl groups is 1. The Labute approximate surface area is 270 Å². The van der Waals surface area contributed by atoms with Gasteiger partial charge in [-0.1, -0.05) is 72.0 Å². The molecule has 2 aromatic carbocycles. The van der Waals surface area contributed by atoms with E-state index in [0.29, 0.717) is 11.9 Å². The lowest BCUT2D eigenvalue weighted by Crippen LogP contribution is -2.58. The van der Waals surface area contributed by atoms with Crippen LogP contribution in [0, 0.1) is 11.8 Å². The van der Waals surface area contributed by atoms with Crippen LogP contribution in [-0.4, -0.2) is 97.1 Å². The second-order valence-corrected chi connectivity index (χ2v) is 12.4. The number of cyclic esters (lactones) is 1. The van der Waals surface area contributed by atoms with Gasteiger partial charge < -0.3 is 29.7 Å². The smallest absolute Gasteiger partial charge is 0.306 e. The van der Waals surface area contributed by atoms with E-state index < -0.39 is 72.0 Å². The topological polar surface area (TPSA) is 156 Å². The molecule has 4 aliphatic heterocycles. The van der Waals surface area contributed by atoms with Gasteiger partial charge >= 0.3 is 5.97 Å². The van der Waals surface area contributed by atoms with Crippen molar-refractivity contribution in [2.45, 2.75) is 56.3 Å². The van der Waals surface area contributed by atoms with E-state index in [0.717, 1.165) is 11.1 Å². The molecule has 1 aromatic heterocycles. The van der Waals surface area contributed by atoms with Crippen LogP contribution in [0.2, 0.25) is 0 Å². The maximum atomic E-state index is 14.8. The minimum absolute atomic E-state index is 0.00826. The molecule has 244 valence electrons. The van der Waals surface area contributed by atoms with Gasteiger partial charge in [0.2, 0.25) is 11.8 Å². The molecule has 2 N–H and O–H groups in total. The number of allylic oxidation sites excluding steroid dienone is 1. The lowest BCUT2D eigenvalue weighted by Gasteiger charge is -2.37. The van der Waals surface area contributed by atoms with Crippen molar-refractivity contribution in [3.63, 3.8) is 0 Å². The summed E-state index contributed by atoms with van der Waals surface area (Å²) in [5, 5.41) is 21.8. The number of esters is 1. The molecule has 0 saturated carbocycles. The van der Waals surface area contributed by atoms with Crippen LogP contribution in [0.4, 0.5) is 0 Å². The molecule has 13 nitrogen and oxygen atoms in total. The Morgan fingerprint density at radius 2 is 1.83 bits per heavy atom. The second-order valence-electron chi connectivity index (χ2n) is 12.4. The number of benzene rings is 2. The van der Waals surface area contributed by atoms with Crippen molar-refractivity contribution in [3.05, 3.63) is 84.5 Å². The fourth-order valence-corrected chi connectivity index (χ4v) is 7.27. The van der Waals surface area contributed by atoms with Crippen molar-refractivity contribution in [3.8, 4) is 0 Å². The number of hydrogen-bond acceptors (Lipinski definition) is 9. The Morgan fingerprint density at radius 3 is 2.64 bits per heavy atom. The van der Waals surface area contributed by atoms with Crippen LogP contribution < -0.4 is 5.32 Å². The Kier molecular flexibility index (Phi) is 8.10. The average Bonchev–Trinajstić information content (AvgIpc) is 3.84.